The first-order chi connectivity index (χ1) is 10.2. The summed E-state index contributed by atoms with van der Waals surface area (Å²) in [5.41, 5.74) is 6.23. The SMILES string of the molecule is COc1ccc(C(NN)c2cccc3c2OCC3)cc1Br. The molecule has 1 unspecified atom stereocenters. The van der Waals surface area contributed by atoms with Crippen LogP contribution in [0.3, 0.4) is 0 Å². The van der Waals surface area contributed by atoms with Crippen molar-refractivity contribution in [2.24, 2.45) is 5.84 Å². The van der Waals surface area contributed by atoms with Crippen LogP contribution in [-0.4, -0.2) is 13.7 Å². The number of nitrogens with one attached hydrogen (secondary N) is 1. The molecule has 1 aliphatic heterocycles. The lowest BCUT2D eigenvalue weighted by atomic mass is 9.96. The van der Waals surface area contributed by atoms with Crippen LogP contribution in [-0.2, 0) is 6.42 Å². The number of ether oxygens (including phenoxy) is 2. The van der Waals surface area contributed by atoms with Crippen LogP contribution >= 0.6 is 15.9 Å². The summed E-state index contributed by atoms with van der Waals surface area (Å²) in [6.07, 6.45) is 0.951. The smallest absolute Gasteiger partial charge is 0.133 e. The van der Waals surface area contributed by atoms with Gasteiger partial charge >= 0.3 is 0 Å². The molecule has 0 aromatic heterocycles. The molecule has 3 N–H and O–H groups in total. The molecular formula is C16H17BrN2O2. The number of halogens is 1. The van der Waals surface area contributed by atoms with Crippen molar-refractivity contribution in [1.82, 2.24) is 5.43 Å². The zero-order valence-electron chi connectivity index (χ0n) is 11.7. The average Bonchev–Trinajstić information content (AvgIpc) is 2.97. The molecule has 5 heteroatoms. The molecular weight excluding hydrogens is 332 g/mol. The van der Waals surface area contributed by atoms with Gasteiger partial charge in [0, 0.05) is 12.0 Å². The zero-order chi connectivity index (χ0) is 14.8. The molecule has 3 rings (SSSR count). The van der Waals surface area contributed by atoms with Crippen molar-refractivity contribution in [2.45, 2.75) is 12.5 Å². The average molecular weight is 349 g/mol. The molecule has 0 amide bonds. The number of hydrazine groups is 1. The third-order valence-electron chi connectivity index (χ3n) is 3.73. The van der Waals surface area contributed by atoms with Gasteiger partial charge in [0.1, 0.15) is 11.5 Å². The van der Waals surface area contributed by atoms with Crippen LogP contribution in [0.1, 0.15) is 22.7 Å². The van der Waals surface area contributed by atoms with Gasteiger partial charge in [-0.2, -0.15) is 0 Å². The molecule has 110 valence electrons. The number of rotatable bonds is 4. The van der Waals surface area contributed by atoms with E-state index in [1.54, 1.807) is 7.11 Å². The van der Waals surface area contributed by atoms with E-state index in [1.807, 2.05) is 30.3 Å². The fourth-order valence-corrected chi connectivity index (χ4v) is 3.25. The van der Waals surface area contributed by atoms with Gasteiger partial charge in [0.25, 0.3) is 0 Å². The molecule has 1 aliphatic rings. The van der Waals surface area contributed by atoms with E-state index in [1.165, 1.54) is 5.56 Å². The van der Waals surface area contributed by atoms with Gasteiger partial charge < -0.3 is 9.47 Å². The summed E-state index contributed by atoms with van der Waals surface area (Å²) in [6.45, 7) is 0.732. The maximum Gasteiger partial charge on any atom is 0.133 e. The summed E-state index contributed by atoms with van der Waals surface area (Å²) in [5.74, 6) is 7.55. The zero-order valence-corrected chi connectivity index (χ0v) is 13.3. The Hall–Kier alpha value is -1.56. The molecule has 1 atom stereocenters. The molecule has 2 aromatic carbocycles. The normalized spacial score (nSPS) is 14.4. The van der Waals surface area contributed by atoms with Crippen molar-refractivity contribution in [1.29, 1.82) is 0 Å². The molecule has 0 aliphatic carbocycles. The van der Waals surface area contributed by atoms with Crippen molar-refractivity contribution >= 4 is 15.9 Å². The van der Waals surface area contributed by atoms with Crippen LogP contribution < -0.4 is 20.7 Å². The maximum absolute atomic E-state index is 5.80. The summed E-state index contributed by atoms with van der Waals surface area (Å²) in [5, 5.41) is 0. The van der Waals surface area contributed by atoms with Crippen molar-refractivity contribution in [3.8, 4) is 11.5 Å². The largest absolute Gasteiger partial charge is 0.496 e. The van der Waals surface area contributed by atoms with Crippen molar-refractivity contribution < 1.29 is 9.47 Å². The highest BCUT2D eigenvalue weighted by molar-refractivity contribution is 9.10. The molecule has 4 nitrogen and oxygen atoms in total. The van der Waals surface area contributed by atoms with E-state index in [0.29, 0.717) is 0 Å². The minimum Gasteiger partial charge on any atom is -0.496 e. The third kappa shape index (κ3) is 2.64. The fraction of sp³-hybridized carbons (Fsp3) is 0.250. The van der Waals surface area contributed by atoms with E-state index in [-0.39, 0.29) is 6.04 Å². The third-order valence-corrected chi connectivity index (χ3v) is 4.35. The van der Waals surface area contributed by atoms with Crippen LogP contribution in [0.15, 0.2) is 40.9 Å². The van der Waals surface area contributed by atoms with E-state index >= 15 is 0 Å². The van der Waals surface area contributed by atoms with Gasteiger partial charge in [0.15, 0.2) is 0 Å². The molecule has 0 spiro atoms. The van der Waals surface area contributed by atoms with E-state index in [2.05, 4.69) is 27.4 Å². The Morgan fingerprint density at radius 3 is 2.90 bits per heavy atom. The summed E-state index contributed by atoms with van der Waals surface area (Å²) in [4.78, 5) is 0. The number of fused-ring (bicyclic) bond motifs is 1. The standard InChI is InChI=1S/C16H17BrN2O2/c1-20-14-6-5-11(9-13(14)17)15(19-18)12-4-2-3-10-7-8-21-16(10)12/h2-6,9,15,19H,7-8,18H2,1H3. The van der Waals surface area contributed by atoms with Crippen LogP contribution in [0.5, 0.6) is 11.5 Å². The first-order valence-corrected chi connectivity index (χ1v) is 7.58. The predicted octanol–water partition coefficient (Wildman–Crippen LogP) is 2.95. The molecule has 0 saturated heterocycles. The quantitative estimate of drug-likeness (QED) is 0.658. The molecule has 0 bridgehead atoms. The lowest BCUT2D eigenvalue weighted by molar-refractivity contribution is 0.350. The summed E-state index contributed by atoms with van der Waals surface area (Å²) >= 11 is 3.51. The van der Waals surface area contributed by atoms with Crippen molar-refractivity contribution in [2.75, 3.05) is 13.7 Å². The van der Waals surface area contributed by atoms with Crippen molar-refractivity contribution in [3.05, 3.63) is 57.6 Å². The Morgan fingerprint density at radius 1 is 1.33 bits per heavy atom. The molecule has 0 fully saturated rings. The number of hydrogen-bond donors (Lipinski definition) is 2. The Kier molecular flexibility index (Phi) is 4.14. The van der Waals surface area contributed by atoms with Gasteiger partial charge in [-0.1, -0.05) is 24.3 Å². The minimum absolute atomic E-state index is 0.125. The number of nitrogens with two attached hydrogens (primary N) is 1. The predicted molar refractivity (Wildman–Crippen MR) is 85.5 cm³/mol. The number of para-hydroxylation sites is 1. The summed E-state index contributed by atoms with van der Waals surface area (Å²) < 4.78 is 11.9. The lowest BCUT2D eigenvalue weighted by Crippen LogP contribution is -2.29. The monoisotopic (exact) mass is 348 g/mol. The van der Waals surface area contributed by atoms with Crippen LogP contribution in [0.25, 0.3) is 0 Å². The van der Waals surface area contributed by atoms with Crippen LogP contribution in [0.4, 0.5) is 0 Å². The molecule has 0 saturated carbocycles. The molecule has 1 heterocycles. The first-order valence-electron chi connectivity index (χ1n) is 6.78. The van der Waals surface area contributed by atoms with Gasteiger partial charge in [-0.25, -0.2) is 5.43 Å². The van der Waals surface area contributed by atoms with Gasteiger partial charge in [-0.15, -0.1) is 0 Å². The summed E-state index contributed by atoms with van der Waals surface area (Å²) in [7, 11) is 1.65. The highest BCUT2D eigenvalue weighted by Gasteiger charge is 2.23. The van der Waals surface area contributed by atoms with Gasteiger partial charge in [-0.05, 0) is 39.2 Å². The van der Waals surface area contributed by atoms with Gasteiger partial charge in [-0.3, -0.25) is 5.84 Å². The molecule has 2 aromatic rings. The Morgan fingerprint density at radius 2 is 2.19 bits per heavy atom. The highest BCUT2D eigenvalue weighted by Crippen LogP contribution is 2.37. The minimum atomic E-state index is -0.125. The fourth-order valence-electron chi connectivity index (χ4n) is 2.70. The second kappa shape index (κ2) is 6.05. The van der Waals surface area contributed by atoms with Crippen LogP contribution in [0, 0.1) is 0 Å². The first kappa shape index (κ1) is 14.4. The van der Waals surface area contributed by atoms with E-state index in [9.17, 15) is 0 Å². The second-order valence-electron chi connectivity index (χ2n) is 4.93. The Balaban J connectivity index is 2.03. The number of benzene rings is 2. The molecule has 21 heavy (non-hydrogen) atoms. The van der Waals surface area contributed by atoms with E-state index in [4.69, 9.17) is 15.3 Å². The number of hydrogen-bond acceptors (Lipinski definition) is 4. The van der Waals surface area contributed by atoms with Gasteiger partial charge in [0.05, 0.1) is 24.2 Å². The maximum atomic E-state index is 5.80. The lowest BCUT2D eigenvalue weighted by Gasteiger charge is -2.20. The molecule has 0 radical (unpaired) electrons. The topological polar surface area (TPSA) is 56.5 Å². The highest BCUT2D eigenvalue weighted by atomic mass is 79.9. The Labute approximate surface area is 132 Å². The van der Waals surface area contributed by atoms with Crippen molar-refractivity contribution in [3.63, 3.8) is 0 Å². The number of methoxy groups -OCH3 is 1. The Bertz CT molecular complexity index is 661. The second-order valence-corrected chi connectivity index (χ2v) is 5.78. The summed E-state index contributed by atoms with van der Waals surface area (Å²) in [6, 6.07) is 12.0. The van der Waals surface area contributed by atoms with E-state index in [0.717, 1.165) is 40.1 Å². The van der Waals surface area contributed by atoms with Gasteiger partial charge in [0.2, 0.25) is 0 Å². The van der Waals surface area contributed by atoms with E-state index < -0.39 is 0 Å². The van der Waals surface area contributed by atoms with Crippen LogP contribution in [0.2, 0.25) is 0 Å².